The maximum atomic E-state index is 13.0. The van der Waals surface area contributed by atoms with Crippen LogP contribution < -0.4 is 0 Å². The molecule has 0 unspecified atom stereocenters. The second-order valence-electron chi connectivity index (χ2n) is 9.40. The lowest BCUT2D eigenvalue weighted by Crippen LogP contribution is -2.39. The van der Waals surface area contributed by atoms with Gasteiger partial charge in [0, 0.05) is 12.1 Å². The number of ether oxygens (including phenoxy) is 3. The van der Waals surface area contributed by atoms with E-state index in [2.05, 4.69) is 4.98 Å². The zero-order valence-electron chi connectivity index (χ0n) is 21.2. The number of rotatable bonds is 6. The number of nitrogens with zero attached hydrogens (tertiary/aromatic N) is 2. The molecule has 1 amide bonds. The molecule has 0 bridgehead atoms. The van der Waals surface area contributed by atoms with E-state index in [9.17, 15) is 14.4 Å². The molecule has 1 aromatic heterocycles. The quantitative estimate of drug-likeness (QED) is 0.437. The minimum atomic E-state index is -0.626. The van der Waals surface area contributed by atoms with Gasteiger partial charge in [-0.05, 0) is 59.6 Å². The molecule has 0 radical (unpaired) electrons. The molecule has 1 aromatic carbocycles. The van der Waals surface area contributed by atoms with E-state index >= 15 is 0 Å². The van der Waals surface area contributed by atoms with Crippen molar-refractivity contribution in [2.75, 3.05) is 19.8 Å². The van der Waals surface area contributed by atoms with Gasteiger partial charge in [0.15, 0.2) is 5.69 Å². The number of imidazole rings is 1. The van der Waals surface area contributed by atoms with Crippen LogP contribution in [0.15, 0.2) is 24.3 Å². The molecule has 1 N–H and O–H groups in total. The summed E-state index contributed by atoms with van der Waals surface area (Å²) in [7, 11) is 0. The molecule has 1 fully saturated rings. The van der Waals surface area contributed by atoms with Crippen LogP contribution in [0.3, 0.4) is 0 Å². The minimum absolute atomic E-state index is 0.208. The number of aromatic nitrogens is 2. The summed E-state index contributed by atoms with van der Waals surface area (Å²) in [6.07, 6.45) is 3.06. The second kappa shape index (κ2) is 11.4. The van der Waals surface area contributed by atoms with Gasteiger partial charge in [0.25, 0.3) is 0 Å². The average Bonchev–Trinajstić information content (AvgIpc) is 3.09. The van der Waals surface area contributed by atoms with E-state index in [0.717, 1.165) is 19.3 Å². The smallest absolute Gasteiger partial charge is 0.410 e. The molecule has 35 heavy (non-hydrogen) atoms. The largest absolute Gasteiger partial charge is 0.462 e. The highest BCUT2D eigenvalue weighted by atomic mass is 16.6. The number of likely N-dealkylation sites (tertiary alicyclic amines) is 1. The summed E-state index contributed by atoms with van der Waals surface area (Å²) < 4.78 is 16.0. The summed E-state index contributed by atoms with van der Waals surface area (Å²) in [6.45, 7) is 10.0. The van der Waals surface area contributed by atoms with Crippen molar-refractivity contribution in [1.29, 1.82) is 0 Å². The Balaban J connectivity index is 2.00. The lowest BCUT2D eigenvalue weighted by atomic mass is 10.1. The Bertz CT molecular complexity index is 1040. The van der Waals surface area contributed by atoms with Gasteiger partial charge in [0.05, 0.1) is 24.8 Å². The first kappa shape index (κ1) is 26.2. The number of aromatic amines is 1. The van der Waals surface area contributed by atoms with Crippen LogP contribution in [0.1, 0.15) is 93.0 Å². The molecule has 1 saturated heterocycles. The summed E-state index contributed by atoms with van der Waals surface area (Å²) in [5, 5.41) is 0. The highest BCUT2D eigenvalue weighted by Crippen LogP contribution is 2.33. The van der Waals surface area contributed by atoms with Crippen molar-refractivity contribution < 1.29 is 28.6 Å². The number of carbonyl (C=O) groups is 3. The number of hydrogen-bond acceptors (Lipinski definition) is 7. The Labute approximate surface area is 206 Å². The SMILES string of the molecule is CCOC(=O)c1ccc(-c2nc([C@@H]3CCCCCN3C(=O)OC(C)(C)C)[nH]c2C(=O)OCC)cc1. The molecule has 1 aliphatic heterocycles. The van der Waals surface area contributed by atoms with Gasteiger partial charge in [-0.25, -0.2) is 19.4 Å². The summed E-state index contributed by atoms with van der Waals surface area (Å²) in [4.78, 5) is 47.5. The Morgan fingerprint density at radius 3 is 2.29 bits per heavy atom. The molecule has 1 aliphatic rings. The average molecular weight is 486 g/mol. The van der Waals surface area contributed by atoms with E-state index in [1.807, 2.05) is 20.8 Å². The number of nitrogens with one attached hydrogen (secondary N) is 1. The molecule has 1 atom stereocenters. The molecule has 9 heteroatoms. The van der Waals surface area contributed by atoms with Gasteiger partial charge >= 0.3 is 18.0 Å². The molecule has 9 nitrogen and oxygen atoms in total. The van der Waals surface area contributed by atoms with Gasteiger partial charge in [0.2, 0.25) is 0 Å². The normalized spacial score (nSPS) is 16.4. The lowest BCUT2D eigenvalue weighted by Gasteiger charge is -2.31. The standard InChI is InChI=1S/C26H35N3O6/c1-6-33-23(30)18-14-12-17(13-15-18)20-21(24(31)34-7-2)28-22(27-20)19-11-9-8-10-16-29(19)25(32)35-26(3,4)5/h12-15,19H,6-11,16H2,1-5H3,(H,27,28)/t19-/m0/s1. The number of hydrogen-bond donors (Lipinski definition) is 1. The van der Waals surface area contributed by atoms with E-state index in [0.29, 0.717) is 35.6 Å². The lowest BCUT2D eigenvalue weighted by molar-refractivity contribution is 0.0155. The van der Waals surface area contributed by atoms with Crippen molar-refractivity contribution in [3.63, 3.8) is 0 Å². The monoisotopic (exact) mass is 485 g/mol. The summed E-state index contributed by atoms with van der Waals surface area (Å²) in [5.74, 6) is -0.447. The number of esters is 2. The molecular weight excluding hydrogens is 450 g/mol. The van der Waals surface area contributed by atoms with E-state index in [-0.39, 0.29) is 24.9 Å². The molecular formula is C26H35N3O6. The van der Waals surface area contributed by atoms with Gasteiger partial charge in [-0.15, -0.1) is 0 Å². The molecule has 0 spiro atoms. The highest BCUT2D eigenvalue weighted by Gasteiger charge is 2.34. The highest BCUT2D eigenvalue weighted by molar-refractivity contribution is 5.95. The topological polar surface area (TPSA) is 111 Å². The van der Waals surface area contributed by atoms with Crippen molar-refractivity contribution in [1.82, 2.24) is 14.9 Å². The van der Waals surface area contributed by atoms with Crippen LogP contribution in [0.2, 0.25) is 0 Å². The first-order valence-corrected chi connectivity index (χ1v) is 12.2. The predicted molar refractivity (Wildman–Crippen MR) is 130 cm³/mol. The Morgan fingerprint density at radius 1 is 1.00 bits per heavy atom. The van der Waals surface area contributed by atoms with Gasteiger partial charge < -0.3 is 19.2 Å². The molecule has 0 aliphatic carbocycles. The van der Waals surface area contributed by atoms with Crippen molar-refractivity contribution in [2.45, 2.75) is 71.9 Å². The van der Waals surface area contributed by atoms with Crippen LogP contribution >= 0.6 is 0 Å². The van der Waals surface area contributed by atoms with Crippen LogP contribution in [-0.2, 0) is 14.2 Å². The third kappa shape index (κ3) is 6.61. The number of amides is 1. The summed E-state index contributed by atoms with van der Waals surface area (Å²) in [6, 6.07) is 6.33. The third-order valence-corrected chi connectivity index (χ3v) is 5.57. The van der Waals surface area contributed by atoms with Crippen LogP contribution in [-0.4, -0.2) is 58.3 Å². The first-order valence-electron chi connectivity index (χ1n) is 12.2. The number of carbonyl (C=O) groups excluding carboxylic acids is 3. The fourth-order valence-corrected chi connectivity index (χ4v) is 4.02. The number of benzene rings is 1. The van der Waals surface area contributed by atoms with Crippen LogP contribution in [0.5, 0.6) is 0 Å². The fourth-order valence-electron chi connectivity index (χ4n) is 4.02. The third-order valence-electron chi connectivity index (χ3n) is 5.57. The Hall–Kier alpha value is -3.36. The van der Waals surface area contributed by atoms with E-state index < -0.39 is 23.6 Å². The van der Waals surface area contributed by atoms with E-state index in [1.54, 1.807) is 43.0 Å². The molecule has 2 aromatic rings. The Kier molecular flexibility index (Phi) is 8.53. The van der Waals surface area contributed by atoms with Crippen molar-refractivity contribution >= 4 is 18.0 Å². The van der Waals surface area contributed by atoms with Crippen molar-refractivity contribution in [2.24, 2.45) is 0 Å². The van der Waals surface area contributed by atoms with Crippen molar-refractivity contribution in [3.8, 4) is 11.3 Å². The van der Waals surface area contributed by atoms with Crippen LogP contribution in [0.4, 0.5) is 4.79 Å². The zero-order valence-corrected chi connectivity index (χ0v) is 21.2. The zero-order chi connectivity index (χ0) is 25.6. The molecule has 190 valence electrons. The van der Waals surface area contributed by atoms with Gasteiger partial charge in [-0.3, -0.25) is 4.90 Å². The van der Waals surface area contributed by atoms with Gasteiger partial charge in [-0.1, -0.05) is 25.0 Å². The number of H-pyrrole nitrogens is 1. The second-order valence-corrected chi connectivity index (χ2v) is 9.40. The fraction of sp³-hybridized carbons (Fsp3) is 0.538. The maximum Gasteiger partial charge on any atom is 0.410 e. The van der Waals surface area contributed by atoms with Gasteiger partial charge in [0.1, 0.15) is 17.1 Å². The predicted octanol–water partition coefficient (Wildman–Crippen LogP) is 5.28. The molecule has 2 heterocycles. The maximum absolute atomic E-state index is 13.0. The summed E-state index contributed by atoms with van der Waals surface area (Å²) in [5.41, 5.74) is 1.03. The van der Waals surface area contributed by atoms with E-state index in [4.69, 9.17) is 19.2 Å². The summed E-state index contributed by atoms with van der Waals surface area (Å²) >= 11 is 0. The van der Waals surface area contributed by atoms with E-state index in [1.165, 1.54) is 0 Å². The molecule has 0 saturated carbocycles. The Morgan fingerprint density at radius 2 is 1.66 bits per heavy atom. The van der Waals surface area contributed by atoms with Gasteiger partial charge in [-0.2, -0.15) is 0 Å². The first-order chi connectivity index (χ1) is 16.6. The molecule has 3 rings (SSSR count). The minimum Gasteiger partial charge on any atom is -0.462 e. The van der Waals surface area contributed by atoms with Crippen LogP contribution in [0, 0.1) is 0 Å². The van der Waals surface area contributed by atoms with Crippen molar-refractivity contribution in [3.05, 3.63) is 41.3 Å². The van der Waals surface area contributed by atoms with Crippen LogP contribution in [0.25, 0.3) is 11.3 Å².